The third-order valence-electron chi connectivity index (χ3n) is 4.82. The lowest BCUT2D eigenvalue weighted by Crippen LogP contribution is -2.24. The fourth-order valence-electron chi connectivity index (χ4n) is 3.25. The Hall–Kier alpha value is -2.95. The van der Waals surface area contributed by atoms with Crippen LogP contribution in [0.1, 0.15) is 48.0 Å². The molecular formula is C22H25N3O2. The summed E-state index contributed by atoms with van der Waals surface area (Å²) < 4.78 is 0. The van der Waals surface area contributed by atoms with Crippen molar-refractivity contribution in [3.8, 4) is 0 Å². The van der Waals surface area contributed by atoms with Gasteiger partial charge in [0.2, 0.25) is 5.91 Å². The van der Waals surface area contributed by atoms with E-state index >= 15 is 0 Å². The maximum atomic E-state index is 12.3. The molecule has 0 aromatic heterocycles. The van der Waals surface area contributed by atoms with Gasteiger partial charge in [-0.1, -0.05) is 49.6 Å². The van der Waals surface area contributed by atoms with Crippen molar-refractivity contribution >= 4 is 23.7 Å². The molecule has 0 atom stereocenters. The summed E-state index contributed by atoms with van der Waals surface area (Å²) in [5.41, 5.74) is 4.88. The number of hydrogen-bond acceptors (Lipinski definition) is 3. The summed E-state index contributed by atoms with van der Waals surface area (Å²) in [5.74, 6) is -0.0810. The molecule has 2 N–H and O–H groups in total. The molecular weight excluding hydrogens is 338 g/mol. The van der Waals surface area contributed by atoms with E-state index in [4.69, 9.17) is 0 Å². The first kappa shape index (κ1) is 18.8. The molecule has 5 heteroatoms. The van der Waals surface area contributed by atoms with Crippen LogP contribution in [-0.4, -0.2) is 18.0 Å². The van der Waals surface area contributed by atoms with E-state index in [0.717, 1.165) is 36.9 Å². The van der Waals surface area contributed by atoms with Crippen molar-refractivity contribution in [1.82, 2.24) is 5.43 Å². The van der Waals surface area contributed by atoms with Crippen LogP contribution in [0, 0.1) is 5.92 Å². The molecule has 3 rings (SSSR count). The van der Waals surface area contributed by atoms with Crippen molar-refractivity contribution in [2.45, 2.75) is 38.5 Å². The number of carbonyl (C=O) groups is 2. The molecule has 0 spiro atoms. The Balaban J connectivity index is 1.47. The summed E-state index contributed by atoms with van der Waals surface area (Å²) in [4.78, 5) is 24.4. The largest absolute Gasteiger partial charge is 0.326 e. The van der Waals surface area contributed by atoms with Gasteiger partial charge >= 0.3 is 0 Å². The average Bonchev–Trinajstić information content (AvgIpc) is 2.73. The topological polar surface area (TPSA) is 70.6 Å². The van der Waals surface area contributed by atoms with E-state index in [1.54, 1.807) is 30.5 Å². The molecule has 0 bridgehead atoms. The van der Waals surface area contributed by atoms with Crippen molar-refractivity contribution in [2.24, 2.45) is 11.0 Å². The standard InChI is InChI=1S/C22H25N3O2/c26-21(18-9-5-2-6-10-18)24-20-13-11-19(12-14-20)22(27)25-23-16-15-17-7-3-1-4-8-17/h1,3-4,7-8,11-14,16,18H,2,5-6,9-10,15H2,(H,24,26)(H,25,27). The van der Waals surface area contributed by atoms with Crippen molar-refractivity contribution in [1.29, 1.82) is 0 Å². The molecule has 140 valence electrons. The number of anilines is 1. The fourth-order valence-corrected chi connectivity index (χ4v) is 3.25. The van der Waals surface area contributed by atoms with E-state index in [-0.39, 0.29) is 17.7 Å². The van der Waals surface area contributed by atoms with Gasteiger partial charge in [0.1, 0.15) is 0 Å². The number of nitrogens with one attached hydrogen (secondary N) is 2. The van der Waals surface area contributed by atoms with Gasteiger partial charge in [-0.25, -0.2) is 5.43 Å². The lowest BCUT2D eigenvalue weighted by Gasteiger charge is -2.20. The van der Waals surface area contributed by atoms with Crippen LogP contribution in [0.4, 0.5) is 5.69 Å². The van der Waals surface area contributed by atoms with E-state index < -0.39 is 0 Å². The fraction of sp³-hybridized carbons (Fsp3) is 0.318. The molecule has 0 heterocycles. The molecule has 1 saturated carbocycles. The number of amides is 2. The zero-order valence-electron chi connectivity index (χ0n) is 15.4. The van der Waals surface area contributed by atoms with Gasteiger partial charge in [0.25, 0.3) is 5.91 Å². The predicted octanol–water partition coefficient (Wildman–Crippen LogP) is 4.16. The minimum Gasteiger partial charge on any atom is -0.326 e. The summed E-state index contributed by atoms with van der Waals surface area (Å²) in [6.45, 7) is 0. The molecule has 2 aromatic carbocycles. The van der Waals surface area contributed by atoms with E-state index in [1.165, 1.54) is 6.42 Å². The van der Waals surface area contributed by atoms with Crippen LogP contribution in [0.15, 0.2) is 59.7 Å². The van der Waals surface area contributed by atoms with Gasteiger partial charge in [0.05, 0.1) is 0 Å². The minimum atomic E-state index is -0.274. The van der Waals surface area contributed by atoms with Crippen LogP contribution in [-0.2, 0) is 11.2 Å². The van der Waals surface area contributed by atoms with Crippen molar-refractivity contribution in [3.63, 3.8) is 0 Å². The van der Waals surface area contributed by atoms with Crippen molar-refractivity contribution in [2.75, 3.05) is 5.32 Å². The van der Waals surface area contributed by atoms with E-state index in [2.05, 4.69) is 15.8 Å². The zero-order chi connectivity index (χ0) is 18.9. The Morgan fingerprint density at radius 1 is 0.963 bits per heavy atom. The first-order valence-corrected chi connectivity index (χ1v) is 9.49. The molecule has 5 nitrogen and oxygen atoms in total. The Morgan fingerprint density at radius 2 is 1.67 bits per heavy atom. The van der Waals surface area contributed by atoms with Gasteiger partial charge < -0.3 is 5.32 Å². The number of benzene rings is 2. The van der Waals surface area contributed by atoms with E-state index in [1.807, 2.05) is 30.3 Å². The molecule has 1 aliphatic rings. The summed E-state index contributed by atoms with van der Waals surface area (Å²) in [6.07, 6.45) is 7.74. The predicted molar refractivity (Wildman–Crippen MR) is 108 cm³/mol. The second kappa shape index (κ2) is 9.67. The Labute approximate surface area is 159 Å². The van der Waals surface area contributed by atoms with Crippen LogP contribution < -0.4 is 10.7 Å². The van der Waals surface area contributed by atoms with E-state index in [9.17, 15) is 9.59 Å². The number of nitrogens with zero attached hydrogens (tertiary/aromatic N) is 1. The summed E-state index contributed by atoms with van der Waals surface area (Å²) in [5, 5.41) is 6.93. The number of hydrogen-bond donors (Lipinski definition) is 2. The van der Waals surface area contributed by atoms with Crippen LogP contribution in [0.3, 0.4) is 0 Å². The molecule has 1 aliphatic carbocycles. The van der Waals surface area contributed by atoms with E-state index in [0.29, 0.717) is 12.0 Å². The maximum Gasteiger partial charge on any atom is 0.271 e. The lowest BCUT2D eigenvalue weighted by molar-refractivity contribution is -0.120. The molecule has 0 radical (unpaired) electrons. The van der Waals surface area contributed by atoms with Gasteiger partial charge in [-0.2, -0.15) is 5.10 Å². The first-order chi connectivity index (χ1) is 13.2. The quantitative estimate of drug-likeness (QED) is 0.597. The van der Waals surface area contributed by atoms with Gasteiger partial charge in [0, 0.05) is 29.8 Å². The third kappa shape index (κ3) is 5.78. The molecule has 2 amide bonds. The summed E-state index contributed by atoms with van der Waals surface area (Å²) in [7, 11) is 0. The zero-order valence-corrected chi connectivity index (χ0v) is 15.4. The number of rotatable bonds is 6. The Kier molecular flexibility index (Phi) is 6.74. The highest BCUT2D eigenvalue weighted by molar-refractivity contribution is 5.96. The second-order valence-corrected chi connectivity index (χ2v) is 6.84. The SMILES string of the molecule is O=C(NN=CCc1ccccc1)c1ccc(NC(=O)C2CCCCC2)cc1. The highest BCUT2D eigenvalue weighted by atomic mass is 16.2. The van der Waals surface area contributed by atoms with Crippen molar-refractivity contribution in [3.05, 3.63) is 65.7 Å². The molecule has 2 aromatic rings. The van der Waals surface area contributed by atoms with Crippen LogP contribution in [0.2, 0.25) is 0 Å². The van der Waals surface area contributed by atoms with Crippen LogP contribution >= 0.6 is 0 Å². The Bertz CT molecular complexity index is 779. The smallest absolute Gasteiger partial charge is 0.271 e. The molecule has 27 heavy (non-hydrogen) atoms. The van der Waals surface area contributed by atoms with Gasteiger partial charge in [0.15, 0.2) is 0 Å². The molecule has 1 fully saturated rings. The summed E-state index contributed by atoms with van der Waals surface area (Å²) in [6, 6.07) is 16.8. The normalized spacial score (nSPS) is 14.8. The minimum absolute atomic E-state index is 0.0809. The lowest BCUT2D eigenvalue weighted by atomic mass is 9.88. The number of hydrazone groups is 1. The molecule has 0 saturated heterocycles. The third-order valence-corrected chi connectivity index (χ3v) is 4.82. The first-order valence-electron chi connectivity index (χ1n) is 9.49. The summed E-state index contributed by atoms with van der Waals surface area (Å²) >= 11 is 0. The molecule has 0 aliphatic heterocycles. The number of carbonyl (C=O) groups excluding carboxylic acids is 2. The Morgan fingerprint density at radius 3 is 2.37 bits per heavy atom. The van der Waals surface area contributed by atoms with Crippen LogP contribution in [0.5, 0.6) is 0 Å². The second-order valence-electron chi connectivity index (χ2n) is 6.84. The maximum absolute atomic E-state index is 12.3. The monoisotopic (exact) mass is 363 g/mol. The van der Waals surface area contributed by atoms with Gasteiger partial charge in [-0.15, -0.1) is 0 Å². The highest BCUT2D eigenvalue weighted by Crippen LogP contribution is 2.25. The van der Waals surface area contributed by atoms with Gasteiger partial charge in [-0.05, 0) is 42.7 Å². The highest BCUT2D eigenvalue weighted by Gasteiger charge is 2.21. The average molecular weight is 363 g/mol. The van der Waals surface area contributed by atoms with Crippen molar-refractivity contribution < 1.29 is 9.59 Å². The molecule has 0 unspecified atom stereocenters. The van der Waals surface area contributed by atoms with Gasteiger partial charge in [-0.3, -0.25) is 9.59 Å². The van der Waals surface area contributed by atoms with Crippen LogP contribution in [0.25, 0.3) is 0 Å².